The zero-order valence-electron chi connectivity index (χ0n) is 9.76. The molecule has 2 unspecified atom stereocenters. The molecule has 2 saturated heterocycles. The molecule has 0 amide bonds. The molecule has 1 aromatic rings. The number of aryl methyl sites for hydroxylation is 1. The van der Waals surface area contributed by atoms with Crippen molar-refractivity contribution in [1.82, 2.24) is 14.7 Å². The summed E-state index contributed by atoms with van der Waals surface area (Å²) in [5.41, 5.74) is 1.41. The first-order chi connectivity index (χ1) is 7.73. The Morgan fingerprint density at radius 3 is 3.12 bits per heavy atom. The van der Waals surface area contributed by atoms with Crippen LogP contribution >= 0.6 is 0 Å². The van der Waals surface area contributed by atoms with Gasteiger partial charge in [-0.15, -0.1) is 0 Å². The average molecular weight is 221 g/mol. The second-order valence-electron chi connectivity index (χ2n) is 5.28. The molecule has 4 nitrogen and oxygen atoms in total. The number of fused-ring (bicyclic) bond motifs is 1. The average Bonchev–Trinajstić information content (AvgIpc) is 2.89. The topological polar surface area (TPSA) is 41.3 Å². The van der Waals surface area contributed by atoms with E-state index in [1.165, 1.54) is 12.0 Å². The smallest absolute Gasteiger partial charge is 0.0615 e. The monoisotopic (exact) mass is 221 g/mol. The molecule has 1 N–H and O–H groups in total. The van der Waals surface area contributed by atoms with E-state index in [1.807, 2.05) is 17.9 Å². The molecule has 0 spiro atoms. The minimum atomic E-state index is 0.0838. The van der Waals surface area contributed by atoms with Crippen LogP contribution in [0.3, 0.4) is 0 Å². The Hall–Kier alpha value is -0.870. The van der Waals surface area contributed by atoms with Crippen LogP contribution in [0.1, 0.15) is 30.7 Å². The quantitative estimate of drug-likeness (QED) is 0.800. The van der Waals surface area contributed by atoms with Crippen molar-refractivity contribution in [3.05, 3.63) is 18.0 Å². The number of hydrogen-bond donors (Lipinski definition) is 1. The van der Waals surface area contributed by atoms with Gasteiger partial charge in [-0.1, -0.05) is 0 Å². The number of aliphatic hydroxyl groups excluding tert-OH is 1. The summed E-state index contributed by atoms with van der Waals surface area (Å²) in [7, 11) is 1.96. The first-order valence-electron chi connectivity index (χ1n) is 6.08. The molecule has 0 saturated carbocycles. The van der Waals surface area contributed by atoms with Gasteiger partial charge in [0.05, 0.1) is 12.8 Å². The summed E-state index contributed by atoms with van der Waals surface area (Å²) >= 11 is 0. The van der Waals surface area contributed by atoms with Gasteiger partial charge in [-0.3, -0.25) is 9.58 Å². The van der Waals surface area contributed by atoms with E-state index >= 15 is 0 Å². The summed E-state index contributed by atoms with van der Waals surface area (Å²) in [5.74, 6) is 0.557. The van der Waals surface area contributed by atoms with Gasteiger partial charge in [0.25, 0.3) is 0 Å². The van der Waals surface area contributed by atoms with E-state index in [1.54, 1.807) is 0 Å². The number of nitrogens with zero attached hydrogens (tertiary/aromatic N) is 3. The second kappa shape index (κ2) is 3.57. The Morgan fingerprint density at radius 1 is 1.62 bits per heavy atom. The highest BCUT2D eigenvalue weighted by Gasteiger charge is 2.48. The number of aliphatic hydroxyl groups is 1. The lowest BCUT2D eigenvalue weighted by Crippen LogP contribution is -2.41. The largest absolute Gasteiger partial charge is 0.394 e. The number of hydrogen-bond acceptors (Lipinski definition) is 3. The molecule has 1 aromatic heterocycles. The van der Waals surface area contributed by atoms with Crippen LogP contribution < -0.4 is 0 Å². The minimum absolute atomic E-state index is 0.0838. The van der Waals surface area contributed by atoms with Crippen molar-refractivity contribution in [2.75, 3.05) is 19.7 Å². The van der Waals surface area contributed by atoms with E-state index < -0.39 is 0 Å². The van der Waals surface area contributed by atoms with Crippen LogP contribution in [-0.4, -0.2) is 45.0 Å². The predicted octanol–water partition coefficient (Wildman–Crippen LogP) is 0.734. The van der Waals surface area contributed by atoms with E-state index in [2.05, 4.69) is 16.2 Å². The third-order valence-corrected chi connectivity index (χ3v) is 4.30. The van der Waals surface area contributed by atoms with Crippen molar-refractivity contribution in [1.29, 1.82) is 0 Å². The Bertz CT molecular complexity index is 389. The van der Waals surface area contributed by atoms with Crippen molar-refractivity contribution in [2.24, 2.45) is 7.05 Å². The molecule has 2 aliphatic heterocycles. The van der Waals surface area contributed by atoms with Gasteiger partial charge in [0.15, 0.2) is 0 Å². The van der Waals surface area contributed by atoms with Crippen molar-refractivity contribution >= 4 is 0 Å². The van der Waals surface area contributed by atoms with Crippen molar-refractivity contribution < 1.29 is 5.11 Å². The van der Waals surface area contributed by atoms with Crippen molar-refractivity contribution in [2.45, 2.75) is 30.7 Å². The van der Waals surface area contributed by atoms with Crippen molar-refractivity contribution in [3.8, 4) is 0 Å². The third-order valence-electron chi connectivity index (χ3n) is 4.30. The lowest BCUT2D eigenvalue weighted by molar-refractivity contribution is 0.0998. The zero-order valence-corrected chi connectivity index (χ0v) is 9.76. The van der Waals surface area contributed by atoms with Crippen molar-refractivity contribution in [3.63, 3.8) is 0 Å². The highest BCUT2D eigenvalue weighted by Crippen LogP contribution is 2.44. The summed E-state index contributed by atoms with van der Waals surface area (Å²) in [4.78, 5) is 2.48. The van der Waals surface area contributed by atoms with Crippen LogP contribution in [0.4, 0.5) is 0 Å². The van der Waals surface area contributed by atoms with Crippen LogP contribution in [0.15, 0.2) is 12.4 Å². The Morgan fingerprint density at radius 2 is 2.50 bits per heavy atom. The molecule has 3 rings (SSSR count). The highest BCUT2D eigenvalue weighted by atomic mass is 16.3. The molecular formula is C12H19N3O. The summed E-state index contributed by atoms with van der Waals surface area (Å²) in [6.45, 7) is 2.55. The molecule has 0 aromatic carbocycles. The van der Waals surface area contributed by atoms with Crippen LogP contribution in [-0.2, 0) is 7.05 Å². The summed E-state index contributed by atoms with van der Waals surface area (Å²) < 4.78 is 1.87. The van der Waals surface area contributed by atoms with Crippen LogP contribution in [0.25, 0.3) is 0 Å². The fourth-order valence-electron chi connectivity index (χ4n) is 3.42. The SMILES string of the molecule is Cn1cc(C2CN3CCCC3(CO)C2)cn1. The fraction of sp³-hybridized carbons (Fsp3) is 0.750. The standard InChI is InChI=1S/C12H19N3O/c1-14-7-11(6-13-14)10-5-12(9-16)3-2-4-15(12)8-10/h6-7,10,16H,2-5,8-9H2,1H3. The maximum Gasteiger partial charge on any atom is 0.0615 e. The van der Waals surface area contributed by atoms with E-state index in [0.29, 0.717) is 12.5 Å². The Labute approximate surface area is 95.9 Å². The molecule has 0 aliphatic carbocycles. The molecule has 2 atom stereocenters. The van der Waals surface area contributed by atoms with E-state index in [0.717, 1.165) is 25.9 Å². The molecule has 0 bridgehead atoms. The molecule has 2 fully saturated rings. The fourth-order valence-corrected chi connectivity index (χ4v) is 3.42. The number of aromatic nitrogens is 2. The third kappa shape index (κ3) is 1.40. The normalized spacial score (nSPS) is 34.5. The first kappa shape index (κ1) is 10.3. The van der Waals surface area contributed by atoms with Crippen LogP contribution in [0.5, 0.6) is 0 Å². The molecule has 0 radical (unpaired) electrons. The number of rotatable bonds is 2. The maximum atomic E-state index is 9.63. The summed E-state index contributed by atoms with van der Waals surface area (Å²) in [6.07, 6.45) is 7.56. The lowest BCUT2D eigenvalue weighted by Gasteiger charge is -2.29. The van der Waals surface area contributed by atoms with Gasteiger partial charge in [-0.2, -0.15) is 5.10 Å². The second-order valence-corrected chi connectivity index (χ2v) is 5.28. The molecule has 16 heavy (non-hydrogen) atoms. The van der Waals surface area contributed by atoms with E-state index in [4.69, 9.17) is 0 Å². The van der Waals surface area contributed by atoms with Gasteiger partial charge >= 0.3 is 0 Å². The minimum Gasteiger partial charge on any atom is -0.394 e. The Balaban J connectivity index is 1.82. The maximum absolute atomic E-state index is 9.63. The summed E-state index contributed by atoms with van der Waals surface area (Å²) in [6, 6.07) is 0. The van der Waals surface area contributed by atoms with Gasteiger partial charge in [0.1, 0.15) is 0 Å². The first-order valence-corrected chi connectivity index (χ1v) is 6.08. The lowest BCUT2D eigenvalue weighted by atomic mass is 9.88. The van der Waals surface area contributed by atoms with Crippen LogP contribution in [0, 0.1) is 0 Å². The molecule has 88 valence electrons. The van der Waals surface area contributed by atoms with Gasteiger partial charge in [0, 0.05) is 31.2 Å². The zero-order chi connectivity index (χ0) is 11.2. The summed E-state index contributed by atoms with van der Waals surface area (Å²) in [5, 5.41) is 13.9. The van der Waals surface area contributed by atoms with Gasteiger partial charge in [-0.05, 0) is 31.4 Å². The molecular weight excluding hydrogens is 202 g/mol. The van der Waals surface area contributed by atoms with Gasteiger partial charge < -0.3 is 5.11 Å². The van der Waals surface area contributed by atoms with E-state index in [9.17, 15) is 5.11 Å². The predicted molar refractivity (Wildman–Crippen MR) is 61.2 cm³/mol. The molecule has 2 aliphatic rings. The van der Waals surface area contributed by atoms with Crippen LogP contribution in [0.2, 0.25) is 0 Å². The van der Waals surface area contributed by atoms with E-state index in [-0.39, 0.29) is 5.54 Å². The molecule has 4 heteroatoms. The highest BCUT2D eigenvalue weighted by molar-refractivity contribution is 5.19. The van der Waals surface area contributed by atoms with Gasteiger partial charge in [-0.25, -0.2) is 0 Å². The van der Waals surface area contributed by atoms with Gasteiger partial charge in [0.2, 0.25) is 0 Å². The Kier molecular flexibility index (Phi) is 2.30. The molecule has 3 heterocycles.